The SMILES string of the molecule is Fc1ccc(Br)cc1OCCCC(F)(F)F. The monoisotopic (exact) mass is 300 g/mol. The van der Waals surface area contributed by atoms with E-state index in [0.29, 0.717) is 4.47 Å². The molecule has 16 heavy (non-hydrogen) atoms. The molecule has 0 N–H and O–H groups in total. The normalized spacial score (nSPS) is 11.6. The highest BCUT2D eigenvalue weighted by Gasteiger charge is 2.26. The van der Waals surface area contributed by atoms with Crippen molar-refractivity contribution in [3.05, 3.63) is 28.5 Å². The van der Waals surface area contributed by atoms with E-state index < -0.39 is 18.4 Å². The third kappa shape index (κ3) is 4.83. The molecule has 6 heteroatoms. The molecule has 0 radical (unpaired) electrons. The topological polar surface area (TPSA) is 9.23 Å². The van der Waals surface area contributed by atoms with Crippen molar-refractivity contribution in [1.82, 2.24) is 0 Å². The van der Waals surface area contributed by atoms with E-state index >= 15 is 0 Å². The van der Waals surface area contributed by atoms with Crippen LogP contribution in [0, 0.1) is 5.82 Å². The lowest BCUT2D eigenvalue weighted by Crippen LogP contribution is -2.10. The van der Waals surface area contributed by atoms with E-state index in [-0.39, 0.29) is 18.8 Å². The number of hydrogen-bond acceptors (Lipinski definition) is 1. The minimum atomic E-state index is -4.20. The summed E-state index contributed by atoms with van der Waals surface area (Å²) in [5.74, 6) is -0.633. The number of hydrogen-bond donors (Lipinski definition) is 0. The van der Waals surface area contributed by atoms with Gasteiger partial charge in [0.05, 0.1) is 6.61 Å². The van der Waals surface area contributed by atoms with Gasteiger partial charge in [0.2, 0.25) is 0 Å². The zero-order valence-corrected chi connectivity index (χ0v) is 9.74. The fourth-order valence-electron chi connectivity index (χ4n) is 1.04. The van der Waals surface area contributed by atoms with E-state index in [1.165, 1.54) is 18.2 Å². The van der Waals surface area contributed by atoms with Crippen molar-refractivity contribution < 1.29 is 22.3 Å². The van der Waals surface area contributed by atoms with Crippen LogP contribution in [0.3, 0.4) is 0 Å². The van der Waals surface area contributed by atoms with Gasteiger partial charge in [-0.05, 0) is 24.6 Å². The van der Waals surface area contributed by atoms with Crippen molar-refractivity contribution in [1.29, 1.82) is 0 Å². The quantitative estimate of drug-likeness (QED) is 0.595. The summed E-state index contributed by atoms with van der Waals surface area (Å²) in [5.41, 5.74) is 0. The van der Waals surface area contributed by atoms with Gasteiger partial charge in [0.1, 0.15) is 0 Å². The molecule has 0 spiro atoms. The van der Waals surface area contributed by atoms with Gasteiger partial charge < -0.3 is 4.74 Å². The average molecular weight is 301 g/mol. The molecular weight excluding hydrogens is 292 g/mol. The van der Waals surface area contributed by atoms with Crippen LogP contribution in [-0.2, 0) is 0 Å². The van der Waals surface area contributed by atoms with Crippen LogP contribution in [0.2, 0.25) is 0 Å². The maximum Gasteiger partial charge on any atom is 0.389 e. The predicted octanol–water partition coefficient (Wildman–Crippen LogP) is 4.31. The Morgan fingerprint density at radius 1 is 1.25 bits per heavy atom. The second-order valence-corrected chi connectivity index (χ2v) is 4.06. The lowest BCUT2D eigenvalue weighted by Gasteiger charge is -2.09. The molecule has 0 unspecified atom stereocenters. The second-order valence-electron chi connectivity index (χ2n) is 3.14. The van der Waals surface area contributed by atoms with Gasteiger partial charge in [-0.3, -0.25) is 0 Å². The fraction of sp³-hybridized carbons (Fsp3) is 0.400. The van der Waals surface area contributed by atoms with Gasteiger partial charge in [-0.2, -0.15) is 13.2 Å². The van der Waals surface area contributed by atoms with E-state index in [4.69, 9.17) is 4.74 Å². The Morgan fingerprint density at radius 3 is 2.56 bits per heavy atom. The van der Waals surface area contributed by atoms with Crippen molar-refractivity contribution in [2.45, 2.75) is 19.0 Å². The Kier molecular flexibility index (Phi) is 4.58. The van der Waals surface area contributed by atoms with Crippen molar-refractivity contribution >= 4 is 15.9 Å². The summed E-state index contributed by atoms with van der Waals surface area (Å²) in [6.45, 7) is -0.160. The van der Waals surface area contributed by atoms with Gasteiger partial charge in [-0.25, -0.2) is 4.39 Å². The Bertz CT molecular complexity index is 351. The first-order valence-corrected chi connectivity index (χ1v) is 5.32. The van der Waals surface area contributed by atoms with Gasteiger partial charge in [-0.1, -0.05) is 15.9 Å². The summed E-state index contributed by atoms with van der Waals surface area (Å²) in [6.07, 6.45) is -5.31. The van der Waals surface area contributed by atoms with Crippen molar-refractivity contribution in [2.75, 3.05) is 6.61 Å². The van der Waals surface area contributed by atoms with E-state index in [2.05, 4.69) is 15.9 Å². The van der Waals surface area contributed by atoms with Crippen LogP contribution in [-0.4, -0.2) is 12.8 Å². The minimum Gasteiger partial charge on any atom is -0.490 e. The predicted molar refractivity (Wildman–Crippen MR) is 54.9 cm³/mol. The van der Waals surface area contributed by atoms with Crippen molar-refractivity contribution in [3.63, 3.8) is 0 Å². The molecule has 0 aliphatic heterocycles. The molecule has 1 aromatic rings. The number of rotatable bonds is 4. The Labute approximate surface area is 98.5 Å². The van der Waals surface area contributed by atoms with Crippen LogP contribution >= 0.6 is 15.9 Å². The highest BCUT2D eigenvalue weighted by molar-refractivity contribution is 9.10. The Morgan fingerprint density at radius 2 is 1.94 bits per heavy atom. The number of alkyl halides is 3. The maximum atomic E-state index is 13.1. The molecule has 0 bridgehead atoms. The highest BCUT2D eigenvalue weighted by atomic mass is 79.9. The third-order valence-electron chi connectivity index (χ3n) is 1.76. The van der Waals surface area contributed by atoms with E-state index in [1.54, 1.807) is 0 Å². The number of halogens is 5. The molecular formula is C10H9BrF4O. The van der Waals surface area contributed by atoms with Crippen LogP contribution in [0.5, 0.6) is 5.75 Å². The molecule has 0 aliphatic rings. The van der Waals surface area contributed by atoms with Gasteiger partial charge in [0.25, 0.3) is 0 Å². The van der Waals surface area contributed by atoms with E-state index in [0.717, 1.165) is 0 Å². The van der Waals surface area contributed by atoms with E-state index in [9.17, 15) is 17.6 Å². The third-order valence-corrected chi connectivity index (χ3v) is 2.25. The molecule has 0 amide bonds. The van der Waals surface area contributed by atoms with Crippen LogP contribution in [0.25, 0.3) is 0 Å². The van der Waals surface area contributed by atoms with Crippen LogP contribution < -0.4 is 4.74 Å². The number of benzene rings is 1. The molecule has 0 saturated heterocycles. The molecule has 0 aromatic heterocycles. The van der Waals surface area contributed by atoms with Crippen LogP contribution in [0.4, 0.5) is 17.6 Å². The first kappa shape index (κ1) is 13.3. The Hall–Kier alpha value is -0.780. The summed E-state index contributed by atoms with van der Waals surface area (Å²) >= 11 is 3.11. The fourth-order valence-corrected chi connectivity index (χ4v) is 1.38. The van der Waals surface area contributed by atoms with Gasteiger partial charge >= 0.3 is 6.18 Å². The van der Waals surface area contributed by atoms with Gasteiger partial charge in [0, 0.05) is 10.9 Å². The largest absolute Gasteiger partial charge is 0.490 e. The van der Waals surface area contributed by atoms with Crippen LogP contribution in [0.15, 0.2) is 22.7 Å². The van der Waals surface area contributed by atoms with Crippen LogP contribution in [0.1, 0.15) is 12.8 Å². The molecule has 0 fully saturated rings. The summed E-state index contributed by atoms with van der Waals surface area (Å²) in [7, 11) is 0. The standard InChI is InChI=1S/C10H9BrF4O/c11-7-2-3-8(12)9(6-7)16-5-1-4-10(13,14)15/h2-3,6H,1,4-5H2. The zero-order valence-electron chi connectivity index (χ0n) is 8.15. The van der Waals surface area contributed by atoms with Gasteiger partial charge in [0.15, 0.2) is 11.6 Å². The second kappa shape index (κ2) is 5.52. The molecule has 1 nitrogen and oxygen atoms in total. The molecule has 0 saturated carbocycles. The molecule has 1 aromatic carbocycles. The summed E-state index contributed by atoms with van der Waals surface area (Å²) in [4.78, 5) is 0. The molecule has 0 atom stereocenters. The first-order chi connectivity index (χ1) is 7.38. The van der Waals surface area contributed by atoms with E-state index in [1.807, 2.05) is 0 Å². The Balaban J connectivity index is 2.40. The van der Waals surface area contributed by atoms with Gasteiger partial charge in [-0.15, -0.1) is 0 Å². The lowest BCUT2D eigenvalue weighted by molar-refractivity contribution is -0.136. The average Bonchev–Trinajstić information content (AvgIpc) is 2.16. The minimum absolute atomic E-state index is 0.0449. The molecule has 1 rings (SSSR count). The summed E-state index contributed by atoms with van der Waals surface area (Å²) in [6, 6.07) is 4.05. The molecule has 0 aliphatic carbocycles. The number of ether oxygens (including phenoxy) is 1. The first-order valence-electron chi connectivity index (χ1n) is 4.53. The molecule has 90 valence electrons. The molecule has 0 heterocycles. The smallest absolute Gasteiger partial charge is 0.389 e. The summed E-state index contributed by atoms with van der Waals surface area (Å²) < 4.78 is 53.9. The maximum absolute atomic E-state index is 13.1. The highest BCUT2D eigenvalue weighted by Crippen LogP contribution is 2.24. The lowest BCUT2D eigenvalue weighted by atomic mass is 10.3. The van der Waals surface area contributed by atoms with Crippen molar-refractivity contribution in [3.8, 4) is 5.75 Å². The van der Waals surface area contributed by atoms with Crippen molar-refractivity contribution in [2.24, 2.45) is 0 Å². The summed E-state index contributed by atoms with van der Waals surface area (Å²) in [5, 5.41) is 0. The zero-order chi connectivity index (χ0) is 12.2.